The first-order valence-electron chi connectivity index (χ1n) is 7.74. The van der Waals surface area contributed by atoms with Gasteiger partial charge in [0.15, 0.2) is 17.3 Å². The molecule has 8 nitrogen and oxygen atoms in total. The minimum atomic E-state index is -0.250. The molecule has 0 spiro atoms. The standard InChI is InChI=1S/C18H18N4O4/c1-24-14-8-11(9-15(25-2)16(14)26-3)10-19-20-17-12-6-4-5-7-13(12)18(23)22-21-17/h4-10H,1-3H3,(H,20,21)(H,22,23)/b19-10+. The number of nitrogens with zero attached hydrogens (tertiary/aromatic N) is 2. The number of hydrogen-bond acceptors (Lipinski definition) is 7. The summed E-state index contributed by atoms with van der Waals surface area (Å²) in [5.74, 6) is 2.01. The Bertz CT molecular complexity index is 988. The summed E-state index contributed by atoms with van der Waals surface area (Å²) in [6, 6.07) is 10.7. The molecule has 0 unspecified atom stereocenters. The molecule has 26 heavy (non-hydrogen) atoms. The van der Waals surface area contributed by atoms with Gasteiger partial charge in [-0.05, 0) is 18.2 Å². The number of rotatable bonds is 6. The molecule has 2 N–H and O–H groups in total. The summed E-state index contributed by atoms with van der Waals surface area (Å²) in [4.78, 5) is 11.8. The van der Waals surface area contributed by atoms with E-state index in [0.29, 0.717) is 33.8 Å². The van der Waals surface area contributed by atoms with Crippen LogP contribution in [-0.4, -0.2) is 37.7 Å². The van der Waals surface area contributed by atoms with Crippen molar-refractivity contribution in [3.05, 3.63) is 52.3 Å². The van der Waals surface area contributed by atoms with Crippen LogP contribution in [0.1, 0.15) is 5.56 Å². The van der Waals surface area contributed by atoms with Crippen molar-refractivity contribution in [2.75, 3.05) is 26.8 Å². The Hall–Kier alpha value is -3.55. The SMILES string of the molecule is COc1cc(/C=N/Nc2n[nH]c(=O)c3ccccc23)cc(OC)c1OC. The second kappa shape index (κ2) is 7.56. The van der Waals surface area contributed by atoms with Crippen LogP contribution in [0.3, 0.4) is 0 Å². The fraction of sp³-hybridized carbons (Fsp3) is 0.167. The summed E-state index contributed by atoms with van der Waals surface area (Å²) >= 11 is 0. The zero-order valence-electron chi connectivity index (χ0n) is 14.6. The Kier molecular flexibility index (Phi) is 5.02. The zero-order valence-corrected chi connectivity index (χ0v) is 14.6. The lowest BCUT2D eigenvalue weighted by atomic mass is 10.2. The van der Waals surface area contributed by atoms with E-state index >= 15 is 0 Å². The molecule has 0 aliphatic carbocycles. The molecule has 0 aliphatic heterocycles. The molecule has 3 rings (SSSR count). The van der Waals surface area contributed by atoms with Crippen LogP contribution in [0.2, 0.25) is 0 Å². The lowest BCUT2D eigenvalue weighted by molar-refractivity contribution is 0.324. The zero-order chi connectivity index (χ0) is 18.5. The minimum Gasteiger partial charge on any atom is -0.493 e. The average molecular weight is 354 g/mol. The Morgan fingerprint density at radius 2 is 1.69 bits per heavy atom. The van der Waals surface area contributed by atoms with E-state index in [1.165, 1.54) is 0 Å². The Labute approximate surface area is 149 Å². The van der Waals surface area contributed by atoms with Crippen molar-refractivity contribution in [1.29, 1.82) is 0 Å². The van der Waals surface area contributed by atoms with Gasteiger partial charge in [0.25, 0.3) is 5.56 Å². The van der Waals surface area contributed by atoms with Crippen LogP contribution in [-0.2, 0) is 0 Å². The predicted molar refractivity (Wildman–Crippen MR) is 99.7 cm³/mol. The van der Waals surface area contributed by atoms with Crippen molar-refractivity contribution < 1.29 is 14.2 Å². The van der Waals surface area contributed by atoms with Gasteiger partial charge >= 0.3 is 0 Å². The highest BCUT2D eigenvalue weighted by Crippen LogP contribution is 2.37. The molecule has 0 bridgehead atoms. The second-order valence-corrected chi connectivity index (χ2v) is 5.28. The summed E-state index contributed by atoms with van der Waals surface area (Å²) in [5.41, 5.74) is 3.33. The van der Waals surface area contributed by atoms with Gasteiger partial charge in [0.2, 0.25) is 5.75 Å². The molecule has 0 atom stereocenters. The second-order valence-electron chi connectivity index (χ2n) is 5.28. The molecule has 0 saturated carbocycles. The summed E-state index contributed by atoms with van der Waals surface area (Å²) in [6.07, 6.45) is 1.59. The number of nitrogens with one attached hydrogen (secondary N) is 2. The number of hydrogen-bond donors (Lipinski definition) is 2. The third-order valence-corrected chi connectivity index (χ3v) is 3.77. The predicted octanol–water partition coefficient (Wildman–Crippen LogP) is 2.39. The number of aromatic nitrogens is 2. The first kappa shape index (κ1) is 17.3. The van der Waals surface area contributed by atoms with Crippen molar-refractivity contribution in [1.82, 2.24) is 10.2 Å². The molecule has 0 fully saturated rings. The Morgan fingerprint density at radius 1 is 1.04 bits per heavy atom. The van der Waals surface area contributed by atoms with Crippen LogP contribution in [0.25, 0.3) is 10.8 Å². The normalized spacial score (nSPS) is 10.9. The van der Waals surface area contributed by atoms with Gasteiger partial charge < -0.3 is 14.2 Å². The number of benzene rings is 2. The van der Waals surface area contributed by atoms with Gasteiger partial charge in [-0.15, -0.1) is 0 Å². The number of anilines is 1. The van der Waals surface area contributed by atoms with Crippen LogP contribution in [0.5, 0.6) is 17.2 Å². The number of aromatic amines is 1. The highest BCUT2D eigenvalue weighted by molar-refractivity contribution is 5.91. The largest absolute Gasteiger partial charge is 0.493 e. The summed E-state index contributed by atoms with van der Waals surface area (Å²) in [5, 5.41) is 11.8. The van der Waals surface area contributed by atoms with Gasteiger partial charge in [-0.3, -0.25) is 10.2 Å². The number of fused-ring (bicyclic) bond motifs is 1. The molecule has 0 radical (unpaired) electrons. The summed E-state index contributed by atoms with van der Waals surface area (Å²) in [6.45, 7) is 0. The number of ether oxygens (including phenoxy) is 3. The van der Waals surface area contributed by atoms with Gasteiger partial charge in [0, 0.05) is 10.9 Å². The van der Waals surface area contributed by atoms with Gasteiger partial charge in [-0.1, -0.05) is 18.2 Å². The van der Waals surface area contributed by atoms with E-state index in [4.69, 9.17) is 14.2 Å². The van der Waals surface area contributed by atoms with Crippen LogP contribution >= 0.6 is 0 Å². The molecule has 134 valence electrons. The van der Waals surface area contributed by atoms with Crippen LogP contribution in [0.4, 0.5) is 5.82 Å². The Balaban J connectivity index is 1.90. The van der Waals surface area contributed by atoms with E-state index in [0.717, 1.165) is 5.56 Å². The van der Waals surface area contributed by atoms with Gasteiger partial charge in [-0.25, -0.2) is 5.10 Å². The van der Waals surface area contributed by atoms with E-state index in [9.17, 15) is 4.79 Å². The molecule has 3 aromatic rings. The molecule has 0 aliphatic rings. The maximum atomic E-state index is 11.8. The first-order chi connectivity index (χ1) is 12.7. The van der Waals surface area contributed by atoms with E-state index in [1.807, 2.05) is 6.07 Å². The van der Waals surface area contributed by atoms with Gasteiger partial charge in [0.1, 0.15) is 0 Å². The summed E-state index contributed by atoms with van der Waals surface area (Å²) < 4.78 is 15.9. The molecular formula is C18H18N4O4. The number of H-pyrrole nitrogens is 1. The third kappa shape index (κ3) is 3.30. The van der Waals surface area contributed by atoms with Gasteiger partial charge in [0.05, 0.1) is 32.9 Å². The van der Waals surface area contributed by atoms with E-state index < -0.39 is 0 Å². The van der Waals surface area contributed by atoms with Crippen LogP contribution < -0.4 is 25.2 Å². The molecule has 1 aromatic heterocycles. The quantitative estimate of drug-likeness (QED) is 0.521. The Morgan fingerprint density at radius 3 is 2.31 bits per heavy atom. The molecule has 0 saturated heterocycles. The van der Waals surface area contributed by atoms with Crippen LogP contribution in [0, 0.1) is 0 Å². The van der Waals surface area contributed by atoms with E-state index in [1.54, 1.807) is 57.9 Å². The molecule has 8 heteroatoms. The molecular weight excluding hydrogens is 336 g/mol. The first-order valence-corrected chi connectivity index (χ1v) is 7.74. The highest BCUT2D eigenvalue weighted by atomic mass is 16.5. The van der Waals surface area contributed by atoms with E-state index in [2.05, 4.69) is 20.7 Å². The molecule has 0 amide bonds. The van der Waals surface area contributed by atoms with Crippen LogP contribution in [0.15, 0.2) is 46.3 Å². The lowest BCUT2D eigenvalue weighted by Gasteiger charge is -2.12. The van der Waals surface area contributed by atoms with Crippen molar-refractivity contribution >= 4 is 22.8 Å². The van der Waals surface area contributed by atoms with Crippen molar-refractivity contribution in [3.63, 3.8) is 0 Å². The number of methoxy groups -OCH3 is 3. The van der Waals surface area contributed by atoms with Crippen molar-refractivity contribution in [2.24, 2.45) is 5.10 Å². The summed E-state index contributed by atoms with van der Waals surface area (Å²) in [7, 11) is 4.64. The molecule has 2 aromatic carbocycles. The third-order valence-electron chi connectivity index (χ3n) is 3.77. The topological polar surface area (TPSA) is 97.8 Å². The maximum absolute atomic E-state index is 11.8. The van der Waals surface area contributed by atoms with E-state index in [-0.39, 0.29) is 5.56 Å². The maximum Gasteiger partial charge on any atom is 0.272 e. The fourth-order valence-corrected chi connectivity index (χ4v) is 2.54. The monoisotopic (exact) mass is 354 g/mol. The smallest absolute Gasteiger partial charge is 0.272 e. The fourth-order valence-electron chi connectivity index (χ4n) is 2.54. The average Bonchev–Trinajstić information content (AvgIpc) is 2.69. The lowest BCUT2D eigenvalue weighted by Crippen LogP contribution is -2.10. The van der Waals surface area contributed by atoms with Crippen molar-refractivity contribution in [3.8, 4) is 17.2 Å². The van der Waals surface area contributed by atoms with Crippen molar-refractivity contribution in [2.45, 2.75) is 0 Å². The minimum absolute atomic E-state index is 0.250. The highest BCUT2D eigenvalue weighted by Gasteiger charge is 2.12. The van der Waals surface area contributed by atoms with Gasteiger partial charge in [-0.2, -0.15) is 10.2 Å². The number of hydrazone groups is 1. The molecule has 1 heterocycles.